The smallest absolute Gasteiger partial charge is 0.215 e. The first-order chi connectivity index (χ1) is 9.15. The number of carbonyl (C=O) groups excluding carboxylic acids is 1. The van der Waals surface area contributed by atoms with E-state index in [4.69, 9.17) is 0 Å². The van der Waals surface area contributed by atoms with Gasteiger partial charge in [0.2, 0.25) is 5.78 Å². The van der Waals surface area contributed by atoms with E-state index in [1.165, 1.54) is 0 Å². The van der Waals surface area contributed by atoms with Gasteiger partial charge >= 0.3 is 0 Å². The van der Waals surface area contributed by atoms with E-state index in [1.807, 2.05) is 32.0 Å². The van der Waals surface area contributed by atoms with E-state index in [2.05, 4.69) is 15.6 Å². The van der Waals surface area contributed by atoms with Gasteiger partial charge in [-0.15, -0.1) is 5.10 Å². The predicted molar refractivity (Wildman–Crippen MR) is 71.3 cm³/mol. The van der Waals surface area contributed by atoms with E-state index in [-0.39, 0.29) is 5.78 Å². The lowest BCUT2D eigenvalue weighted by molar-refractivity contribution is 0.103. The molecule has 5 nitrogen and oxygen atoms in total. The van der Waals surface area contributed by atoms with Crippen molar-refractivity contribution in [2.75, 3.05) is 13.1 Å². The molecule has 1 N–H and O–H groups in total. The van der Waals surface area contributed by atoms with Crippen LogP contribution in [0.5, 0.6) is 0 Å². The van der Waals surface area contributed by atoms with Crippen molar-refractivity contribution in [2.45, 2.75) is 19.9 Å². The van der Waals surface area contributed by atoms with E-state index in [9.17, 15) is 4.79 Å². The van der Waals surface area contributed by atoms with Crippen LogP contribution < -0.4 is 5.32 Å². The summed E-state index contributed by atoms with van der Waals surface area (Å²) < 4.78 is 1.77. The minimum Gasteiger partial charge on any atom is -0.312 e. The van der Waals surface area contributed by atoms with Crippen molar-refractivity contribution in [2.24, 2.45) is 0 Å². The summed E-state index contributed by atoms with van der Waals surface area (Å²) in [6, 6.07) is 6.14. The third-order valence-corrected chi connectivity index (χ3v) is 3.50. The molecule has 0 aliphatic carbocycles. The highest BCUT2D eigenvalue weighted by molar-refractivity contribution is 6.08. The molecule has 0 radical (unpaired) electrons. The molecule has 0 saturated carbocycles. The van der Waals surface area contributed by atoms with E-state index in [0.29, 0.717) is 17.3 Å². The second-order valence-electron chi connectivity index (χ2n) is 5.04. The van der Waals surface area contributed by atoms with E-state index in [0.717, 1.165) is 24.2 Å². The summed E-state index contributed by atoms with van der Waals surface area (Å²) >= 11 is 0. The van der Waals surface area contributed by atoms with Crippen LogP contribution in [0.3, 0.4) is 0 Å². The molecule has 98 valence electrons. The molecule has 2 heterocycles. The van der Waals surface area contributed by atoms with Crippen LogP contribution in [0.4, 0.5) is 0 Å². The van der Waals surface area contributed by atoms with Crippen molar-refractivity contribution in [1.82, 2.24) is 20.3 Å². The number of nitrogens with one attached hydrogen (secondary N) is 1. The molecule has 3 rings (SSSR count). The maximum atomic E-state index is 12.4. The predicted octanol–water partition coefficient (Wildman–Crippen LogP) is 1.27. The fraction of sp³-hybridized carbons (Fsp3) is 0.357. The highest BCUT2D eigenvalue weighted by atomic mass is 16.1. The standard InChI is InChI=1S/C14H16N4O/c1-9-3-4-12(10(2)5-9)14(19)13-8-18(17-16-13)11-6-15-7-11/h3-5,8,11,15H,6-7H2,1-2H3. The van der Waals surface area contributed by atoms with E-state index >= 15 is 0 Å². The SMILES string of the molecule is Cc1ccc(C(=O)c2cn(C3CNC3)nn2)c(C)c1. The Bertz CT molecular complexity index is 628. The van der Waals surface area contributed by atoms with Crippen LogP contribution in [0.15, 0.2) is 24.4 Å². The third kappa shape index (κ3) is 2.17. The highest BCUT2D eigenvalue weighted by Crippen LogP contribution is 2.16. The molecule has 1 aliphatic rings. The lowest BCUT2D eigenvalue weighted by Gasteiger charge is -2.26. The van der Waals surface area contributed by atoms with Crippen molar-refractivity contribution in [1.29, 1.82) is 0 Å². The first-order valence-electron chi connectivity index (χ1n) is 6.39. The summed E-state index contributed by atoms with van der Waals surface area (Å²) in [5, 5.41) is 11.2. The second kappa shape index (κ2) is 4.59. The summed E-state index contributed by atoms with van der Waals surface area (Å²) in [7, 11) is 0. The molecule has 1 saturated heterocycles. The zero-order valence-electron chi connectivity index (χ0n) is 11.1. The lowest BCUT2D eigenvalue weighted by atomic mass is 10.0. The third-order valence-electron chi connectivity index (χ3n) is 3.50. The Balaban J connectivity index is 1.88. The molecule has 0 amide bonds. The molecule has 1 fully saturated rings. The summed E-state index contributed by atoms with van der Waals surface area (Å²) in [6.45, 7) is 5.74. The summed E-state index contributed by atoms with van der Waals surface area (Å²) in [5.74, 6) is -0.0592. The number of carbonyl (C=O) groups is 1. The number of hydrogen-bond donors (Lipinski definition) is 1. The number of rotatable bonds is 3. The Morgan fingerprint density at radius 2 is 2.16 bits per heavy atom. The first kappa shape index (κ1) is 12.0. The van der Waals surface area contributed by atoms with Crippen molar-refractivity contribution < 1.29 is 4.79 Å². The van der Waals surface area contributed by atoms with Crippen LogP contribution in [0, 0.1) is 13.8 Å². The quantitative estimate of drug-likeness (QED) is 0.840. The maximum Gasteiger partial charge on any atom is 0.215 e. The van der Waals surface area contributed by atoms with Gasteiger partial charge in [-0.1, -0.05) is 29.0 Å². The van der Waals surface area contributed by atoms with Crippen molar-refractivity contribution in [3.63, 3.8) is 0 Å². The molecule has 0 unspecified atom stereocenters. The number of ketones is 1. The van der Waals surface area contributed by atoms with Crippen LogP contribution in [-0.2, 0) is 0 Å². The molecule has 5 heteroatoms. The summed E-state index contributed by atoms with van der Waals surface area (Å²) in [6.07, 6.45) is 1.74. The molecule has 1 aromatic carbocycles. The van der Waals surface area contributed by atoms with Crippen molar-refractivity contribution >= 4 is 5.78 Å². The van der Waals surface area contributed by atoms with Crippen LogP contribution in [0.25, 0.3) is 0 Å². The van der Waals surface area contributed by atoms with Gasteiger partial charge in [0.05, 0.1) is 12.2 Å². The van der Waals surface area contributed by atoms with Gasteiger partial charge in [-0.25, -0.2) is 4.68 Å². The molecule has 2 aromatic rings. The number of nitrogens with zero attached hydrogens (tertiary/aromatic N) is 3. The van der Waals surface area contributed by atoms with Crippen LogP contribution >= 0.6 is 0 Å². The van der Waals surface area contributed by atoms with Gasteiger partial charge in [-0.2, -0.15) is 0 Å². The summed E-state index contributed by atoms with van der Waals surface area (Å²) in [4.78, 5) is 12.4. The van der Waals surface area contributed by atoms with Crippen LogP contribution in [-0.4, -0.2) is 33.9 Å². The minimum atomic E-state index is -0.0592. The number of aryl methyl sites for hydroxylation is 2. The lowest BCUT2D eigenvalue weighted by Crippen LogP contribution is -2.43. The Labute approximate surface area is 111 Å². The average Bonchev–Trinajstić information content (AvgIpc) is 2.75. The van der Waals surface area contributed by atoms with Crippen molar-refractivity contribution in [3.8, 4) is 0 Å². The fourth-order valence-corrected chi connectivity index (χ4v) is 2.23. The van der Waals surface area contributed by atoms with Gasteiger partial charge in [0.1, 0.15) is 0 Å². The summed E-state index contributed by atoms with van der Waals surface area (Å²) in [5.41, 5.74) is 3.24. The normalized spacial score (nSPS) is 15.3. The van der Waals surface area contributed by atoms with E-state index < -0.39 is 0 Å². The van der Waals surface area contributed by atoms with Crippen molar-refractivity contribution in [3.05, 3.63) is 46.8 Å². The Kier molecular flexibility index (Phi) is 2.91. The number of benzene rings is 1. The van der Waals surface area contributed by atoms with Gasteiger partial charge in [0, 0.05) is 18.7 Å². The van der Waals surface area contributed by atoms with E-state index in [1.54, 1.807) is 10.9 Å². The van der Waals surface area contributed by atoms with Crippen LogP contribution in [0.1, 0.15) is 33.2 Å². The Morgan fingerprint density at radius 3 is 2.79 bits per heavy atom. The fourth-order valence-electron chi connectivity index (χ4n) is 2.23. The van der Waals surface area contributed by atoms with Gasteiger partial charge in [-0.3, -0.25) is 4.79 Å². The maximum absolute atomic E-state index is 12.4. The van der Waals surface area contributed by atoms with Gasteiger partial charge in [0.25, 0.3) is 0 Å². The molecule has 0 bridgehead atoms. The monoisotopic (exact) mass is 256 g/mol. The minimum absolute atomic E-state index is 0.0592. The van der Waals surface area contributed by atoms with Gasteiger partial charge in [-0.05, 0) is 19.4 Å². The molecule has 0 spiro atoms. The molecule has 0 atom stereocenters. The highest BCUT2D eigenvalue weighted by Gasteiger charge is 2.22. The zero-order chi connectivity index (χ0) is 13.4. The Hall–Kier alpha value is -2.01. The van der Waals surface area contributed by atoms with Crippen LogP contribution in [0.2, 0.25) is 0 Å². The van der Waals surface area contributed by atoms with Gasteiger partial charge < -0.3 is 5.32 Å². The molecular weight excluding hydrogens is 240 g/mol. The second-order valence-corrected chi connectivity index (χ2v) is 5.04. The van der Waals surface area contributed by atoms with Gasteiger partial charge in [0.15, 0.2) is 5.69 Å². The zero-order valence-corrected chi connectivity index (χ0v) is 11.1. The number of aromatic nitrogens is 3. The molecule has 1 aliphatic heterocycles. The first-order valence-corrected chi connectivity index (χ1v) is 6.39. The molecular formula is C14H16N4O. The molecule has 19 heavy (non-hydrogen) atoms. The molecule has 1 aromatic heterocycles. The Morgan fingerprint density at radius 1 is 1.37 bits per heavy atom. The average molecular weight is 256 g/mol. The topological polar surface area (TPSA) is 59.8 Å². The largest absolute Gasteiger partial charge is 0.312 e. The number of hydrogen-bond acceptors (Lipinski definition) is 4.